The van der Waals surface area contributed by atoms with Crippen molar-refractivity contribution in [3.05, 3.63) is 59.7 Å². The van der Waals surface area contributed by atoms with E-state index in [0.29, 0.717) is 5.92 Å². The van der Waals surface area contributed by atoms with Crippen LogP contribution in [-0.4, -0.2) is 6.54 Å². The Morgan fingerprint density at radius 2 is 1.68 bits per heavy atom. The fourth-order valence-electron chi connectivity index (χ4n) is 2.51. The molecule has 0 fully saturated rings. The number of benzene rings is 2. The maximum Gasteiger partial charge on any atom is -0.00746 e. The second-order valence-electron chi connectivity index (χ2n) is 5.40. The Morgan fingerprint density at radius 3 is 2.32 bits per heavy atom. The molecule has 2 rings (SSSR count). The largest absolute Gasteiger partial charge is 0.330 e. The van der Waals surface area contributed by atoms with Gasteiger partial charge in [0.05, 0.1) is 0 Å². The summed E-state index contributed by atoms with van der Waals surface area (Å²) in [5, 5.41) is 0. The molecule has 0 amide bonds. The van der Waals surface area contributed by atoms with Crippen molar-refractivity contribution in [2.24, 2.45) is 11.7 Å². The molecule has 0 radical (unpaired) electrons. The highest BCUT2D eigenvalue weighted by atomic mass is 14.5. The van der Waals surface area contributed by atoms with E-state index < -0.39 is 0 Å². The minimum Gasteiger partial charge on any atom is -0.330 e. The molecule has 2 N–H and O–H groups in total. The summed E-state index contributed by atoms with van der Waals surface area (Å²) in [6, 6.07) is 17.5. The van der Waals surface area contributed by atoms with E-state index in [4.69, 9.17) is 5.73 Å². The predicted octanol–water partition coefficient (Wildman–Crippen LogP) is 4.19. The van der Waals surface area contributed by atoms with E-state index >= 15 is 0 Å². The number of rotatable bonds is 5. The van der Waals surface area contributed by atoms with Gasteiger partial charge in [-0.1, -0.05) is 55.5 Å². The topological polar surface area (TPSA) is 26.0 Å². The first-order valence-corrected chi connectivity index (χ1v) is 7.05. The van der Waals surface area contributed by atoms with Crippen molar-refractivity contribution < 1.29 is 0 Å². The molecule has 0 heterocycles. The maximum absolute atomic E-state index is 5.60. The van der Waals surface area contributed by atoms with Crippen LogP contribution in [0.4, 0.5) is 0 Å². The third-order valence-electron chi connectivity index (χ3n) is 3.65. The van der Waals surface area contributed by atoms with E-state index in [9.17, 15) is 0 Å². The lowest BCUT2D eigenvalue weighted by atomic mass is 9.95. The Hall–Kier alpha value is -1.60. The zero-order valence-corrected chi connectivity index (χ0v) is 11.9. The Labute approximate surface area is 116 Å². The quantitative estimate of drug-likeness (QED) is 0.849. The molecule has 2 aromatic carbocycles. The van der Waals surface area contributed by atoms with Gasteiger partial charge in [-0.15, -0.1) is 0 Å². The Balaban J connectivity index is 2.13. The highest BCUT2D eigenvalue weighted by Crippen LogP contribution is 2.24. The van der Waals surface area contributed by atoms with Crippen LogP contribution in [0.15, 0.2) is 48.5 Å². The van der Waals surface area contributed by atoms with E-state index in [-0.39, 0.29) is 0 Å². The van der Waals surface area contributed by atoms with E-state index in [0.717, 1.165) is 19.4 Å². The molecule has 1 unspecified atom stereocenters. The Kier molecular flexibility index (Phi) is 4.75. The molecule has 0 saturated carbocycles. The first-order valence-electron chi connectivity index (χ1n) is 7.05. The summed E-state index contributed by atoms with van der Waals surface area (Å²) < 4.78 is 0. The average Bonchev–Trinajstić information content (AvgIpc) is 2.41. The average molecular weight is 253 g/mol. The van der Waals surface area contributed by atoms with Gasteiger partial charge >= 0.3 is 0 Å². The monoisotopic (exact) mass is 253 g/mol. The normalized spacial score (nSPS) is 12.4. The highest BCUT2D eigenvalue weighted by Gasteiger charge is 2.04. The fraction of sp³-hybridized carbons (Fsp3) is 0.333. The molecule has 1 nitrogen and oxygen atoms in total. The van der Waals surface area contributed by atoms with Crippen molar-refractivity contribution >= 4 is 0 Å². The van der Waals surface area contributed by atoms with Gasteiger partial charge in [0.2, 0.25) is 0 Å². The second-order valence-corrected chi connectivity index (χ2v) is 5.40. The predicted molar refractivity (Wildman–Crippen MR) is 83.2 cm³/mol. The van der Waals surface area contributed by atoms with Gasteiger partial charge in [-0.25, -0.2) is 0 Å². The summed E-state index contributed by atoms with van der Waals surface area (Å²) >= 11 is 0. The maximum atomic E-state index is 5.60. The zero-order valence-electron chi connectivity index (χ0n) is 11.9. The standard InChI is InChI=1S/C18H23N/c1-14(11-12-19)13-16-7-9-17(10-8-16)18-6-4-3-5-15(18)2/h3-10,14H,11-13,19H2,1-2H3. The minimum absolute atomic E-state index is 0.661. The summed E-state index contributed by atoms with van der Waals surface area (Å²) in [4.78, 5) is 0. The molecule has 0 spiro atoms. The van der Waals surface area contributed by atoms with Crippen LogP contribution in [0, 0.1) is 12.8 Å². The SMILES string of the molecule is Cc1ccccc1-c1ccc(CC(C)CCN)cc1. The zero-order chi connectivity index (χ0) is 13.7. The second kappa shape index (κ2) is 6.53. The molecular weight excluding hydrogens is 230 g/mol. The van der Waals surface area contributed by atoms with E-state index in [2.05, 4.69) is 62.4 Å². The molecule has 19 heavy (non-hydrogen) atoms. The van der Waals surface area contributed by atoms with Gasteiger partial charge in [0.1, 0.15) is 0 Å². The lowest BCUT2D eigenvalue weighted by Gasteiger charge is -2.11. The first-order chi connectivity index (χ1) is 9.20. The van der Waals surface area contributed by atoms with Crippen molar-refractivity contribution in [1.29, 1.82) is 0 Å². The molecule has 2 aromatic rings. The molecule has 0 aromatic heterocycles. The molecular formula is C18H23N. The summed E-state index contributed by atoms with van der Waals surface area (Å²) in [5.41, 5.74) is 10.9. The summed E-state index contributed by atoms with van der Waals surface area (Å²) in [5.74, 6) is 0.661. The van der Waals surface area contributed by atoms with Crippen LogP contribution < -0.4 is 5.73 Å². The summed E-state index contributed by atoms with van der Waals surface area (Å²) in [7, 11) is 0. The van der Waals surface area contributed by atoms with Gasteiger partial charge in [-0.2, -0.15) is 0 Å². The summed E-state index contributed by atoms with van der Waals surface area (Å²) in [6.45, 7) is 5.21. The van der Waals surface area contributed by atoms with Gasteiger partial charge < -0.3 is 5.73 Å². The van der Waals surface area contributed by atoms with Gasteiger partial charge in [0, 0.05) is 0 Å². The smallest absolute Gasteiger partial charge is 0.00746 e. The Bertz CT molecular complexity index is 513. The molecule has 1 heteroatoms. The lowest BCUT2D eigenvalue weighted by molar-refractivity contribution is 0.538. The van der Waals surface area contributed by atoms with E-state index in [1.165, 1.54) is 22.3 Å². The molecule has 0 bridgehead atoms. The van der Waals surface area contributed by atoms with Crippen molar-refractivity contribution in [3.63, 3.8) is 0 Å². The van der Waals surface area contributed by atoms with Crippen LogP contribution in [0.2, 0.25) is 0 Å². The van der Waals surface area contributed by atoms with Crippen LogP contribution in [0.25, 0.3) is 11.1 Å². The number of hydrogen-bond donors (Lipinski definition) is 1. The van der Waals surface area contributed by atoms with Gasteiger partial charge in [0.25, 0.3) is 0 Å². The molecule has 0 saturated heterocycles. The van der Waals surface area contributed by atoms with Crippen molar-refractivity contribution in [1.82, 2.24) is 0 Å². The first kappa shape index (κ1) is 13.8. The third kappa shape index (κ3) is 3.68. The van der Waals surface area contributed by atoms with E-state index in [1.807, 2.05) is 0 Å². The fourth-order valence-corrected chi connectivity index (χ4v) is 2.51. The highest BCUT2D eigenvalue weighted by molar-refractivity contribution is 5.67. The van der Waals surface area contributed by atoms with E-state index in [1.54, 1.807) is 0 Å². The van der Waals surface area contributed by atoms with Crippen LogP contribution >= 0.6 is 0 Å². The van der Waals surface area contributed by atoms with Crippen molar-refractivity contribution in [3.8, 4) is 11.1 Å². The van der Waals surface area contributed by atoms with Gasteiger partial charge in [-0.3, -0.25) is 0 Å². The van der Waals surface area contributed by atoms with Crippen LogP contribution in [0.1, 0.15) is 24.5 Å². The number of aryl methyl sites for hydroxylation is 1. The van der Waals surface area contributed by atoms with Crippen molar-refractivity contribution in [2.75, 3.05) is 6.54 Å². The molecule has 0 aliphatic rings. The molecule has 100 valence electrons. The van der Waals surface area contributed by atoms with Crippen molar-refractivity contribution in [2.45, 2.75) is 26.7 Å². The number of hydrogen-bond acceptors (Lipinski definition) is 1. The van der Waals surface area contributed by atoms with Crippen LogP contribution in [-0.2, 0) is 6.42 Å². The lowest BCUT2D eigenvalue weighted by Crippen LogP contribution is -2.07. The van der Waals surface area contributed by atoms with Gasteiger partial charge in [-0.05, 0) is 54.5 Å². The minimum atomic E-state index is 0.661. The van der Waals surface area contributed by atoms with Crippen LogP contribution in [0.3, 0.4) is 0 Å². The third-order valence-corrected chi connectivity index (χ3v) is 3.65. The summed E-state index contributed by atoms with van der Waals surface area (Å²) in [6.07, 6.45) is 2.21. The van der Waals surface area contributed by atoms with Crippen LogP contribution in [0.5, 0.6) is 0 Å². The van der Waals surface area contributed by atoms with Gasteiger partial charge in [0.15, 0.2) is 0 Å². The Morgan fingerprint density at radius 1 is 1.00 bits per heavy atom. The molecule has 0 aliphatic heterocycles. The molecule has 1 atom stereocenters. The number of nitrogens with two attached hydrogens (primary N) is 1. The molecule has 0 aliphatic carbocycles.